The Hall–Kier alpha value is -0.880. The molecular weight excluding hydrogens is 279 g/mol. The fourth-order valence-electron chi connectivity index (χ4n) is 1.39. The van der Waals surface area contributed by atoms with Crippen LogP contribution in [0.3, 0.4) is 0 Å². The molecule has 0 radical (unpaired) electrons. The maximum Gasteiger partial charge on any atom is 0.273 e. The van der Waals surface area contributed by atoms with Gasteiger partial charge in [0.05, 0.1) is 17.7 Å². The average Bonchev–Trinajstić information content (AvgIpc) is 2.31. The van der Waals surface area contributed by atoms with E-state index in [2.05, 4.69) is 4.98 Å². The number of carbonyl (C=O) groups excluding carboxylic acids is 1. The Kier molecular flexibility index (Phi) is 5.81. The molecule has 1 heterocycles. The molecule has 1 aromatic heterocycles. The molecule has 1 amide bonds. The van der Waals surface area contributed by atoms with Crippen LogP contribution in [0.2, 0.25) is 10.2 Å². The van der Waals surface area contributed by atoms with Gasteiger partial charge < -0.3 is 14.7 Å². The van der Waals surface area contributed by atoms with Crippen LogP contribution in [0.15, 0.2) is 12.1 Å². The summed E-state index contributed by atoms with van der Waals surface area (Å²) < 4.78 is 4.78. The van der Waals surface area contributed by atoms with E-state index in [1.807, 2.05) is 0 Å². The lowest BCUT2D eigenvalue weighted by atomic mass is 10.3. The van der Waals surface area contributed by atoms with E-state index in [-0.39, 0.29) is 29.0 Å². The highest BCUT2D eigenvalue weighted by Crippen LogP contribution is 2.18. The Morgan fingerprint density at radius 2 is 2.22 bits per heavy atom. The molecule has 18 heavy (non-hydrogen) atoms. The largest absolute Gasteiger partial charge is 0.389 e. The van der Waals surface area contributed by atoms with E-state index in [4.69, 9.17) is 27.9 Å². The van der Waals surface area contributed by atoms with E-state index in [9.17, 15) is 9.90 Å². The van der Waals surface area contributed by atoms with Crippen molar-refractivity contribution in [1.82, 2.24) is 9.88 Å². The monoisotopic (exact) mass is 292 g/mol. The van der Waals surface area contributed by atoms with Crippen LogP contribution in [-0.2, 0) is 4.74 Å². The van der Waals surface area contributed by atoms with Crippen LogP contribution in [0.4, 0.5) is 0 Å². The SMILES string of the molecule is COCC(O)CN(C)C(=O)c1nc(Cl)ccc1Cl. The molecule has 1 N–H and O–H groups in total. The molecule has 100 valence electrons. The number of likely N-dealkylation sites (N-methyl/N-ethyl adjacent to an activating group) is 1. The first kappa shape index (κ1) is 15.2. The van der Waals surface area contributed by atoms with E-state index in [1.165, 1.54) is 24.1 Å². The van der Waals surface area contributed by atoms with Crippen LogP contribution < -0.4 is 0 Å². The van der Waals surface area contributed by atoms with E-state index in [0.717, 1.165) is 0 Å². The van der Waals surface area contributed by atoms with Crippen LogP contribution in [0.5, 0.6) is 0 Å². The quantitative estimate of drug-likeness (QED) is 0.835. The number of aliphatic hydroxyl groups is 1. The molecular formula is C11H14Cl2N2O3. The van der Waals surface area contributed by atoms with Crippen molar-refractivity contribution in [3.63, 3.8) is 0 Å². The molecule has 1 unspecified atom stereocenters. The van der Waals surface area contributed by atoms with E-state index in [0.29, 0.717) is 0 Å². The van der Waals surface area contributed by atoms with Crippen molar-refractivity contribution >= 4 is 29.1 Å². The van der Waals surface area contributed by atoms with Gasteiger partial charge in [-0.3, -0.25) is 4.79 Å². The van der Waals surface area contributed by atoms with Crippen molar-refractivity contribution in [1.29, 1.82) is 0 Å². The highest BCUT2D eigenvalue weighted by Gasteiger charge is 2.19. The lowest BCUT2D eigenvalue weighted by Gasteiger charge is -2.20. The lowest BCUT2D eigenvalue weighted by molar-refractivity contribution is 0.0378. The van der Waals surface area contributed by atoms with Gasteiger partial charge in [0.1, 0.15) is 10.8 Å². The summed E-state index contributed by atoms with van der Waals surface area (Å²) >= 11 is 11.6. The van der Waals surface area contributed by atoms with Crippen molar-refractivity contribution in [2.24, 2.45) is 0 Å². The molecule has 0 aliphatic carbocycles. The second-order valence-corrected chi connectivity index (χ2v) is 4.55. The van der Waals surface area contributed by atoms with E-state index < -0.39 is 12.0 Å². The van der Waals surface area contributed by atoms with Crippen LogP contribution >= 0.6 is 23.2 Å². The summed E-state index contributed by atoms with van der Waals surface area (Å²) in [7, 11) is 3.01. The number of pyridine rings is 1. The number of aromatic nitrogens is 1. The number of hydrogen-bond acceptors (Lipinski definition) is 4. The third-order valence-electron chi connectivity index (χ3n) is 2.20. The summed E-state index contributed by atoms with van der Waals surface area (Å²) in [5.74, 6) is -0.405. The van der Waals surface area contributed by atoms with Crippen molar-refractivity contribution in [2.75, 3.05) is 27.3 Å². The topological polar surface area (TPSA) is 62.7 Å². The highest BCUT2D eigenvalue weighted by atomic mass is 35.5. The first-order chi connectivity index (χ1) is 8.45. The fraction of sp³-hybridized carbons (Fsp3) is 0.455. The van der Waals surface area contributed by atoms with Gasteiger partial charge in [-0.2, -0.15) is 0 Å². The molecule has 0 saturated carbocycles. The molecule has 0 spiro atoms. The summed E-state index contributed by atoms with van der Waals surface area (Å²) in [5, 5.41) is 9.95. The minimum Gasteiger partial charge on any atom is -0.389 e. The third kappa shape index (κ3) is 4.10. The van der Waals surface area contributed by atoms with Crippen molar-refractivity contribution in [2.45, 2.75) is 6.10 Å². The van der Waals surface area contributed by atoms with Gasteiger partial charge in [0.25, 0.3) is 5.91 Å². The van der Waals surface area contributed by atoms with Gasteiger partial charge in [0.15, 0.2) is 0 Å². The van der Waals surface area contributed by atoms with Crippen molar-refractivity contribution < 1.29 is 14.6 Å². The second kappa shape index (κ2) is 6.89. The van der Waals surface area contributed by atoms with Gasteiger partial charge in [-0.25, -0.2) is 4.98 Å². The normalized spacial score (nSPS) is 12.3. The van der Waals surface area contributed by atoms with Gasteiger partial charge in [-0.1, -0.05) is 23.2 Å². The molecule has 0 fully saturated rings. The fourth-order valence-corrected chi connectivity index (χ4v) is 1.73. The Balaban J connectivity index is 2.77. The van der Waals surface area contributed by atoms with Gasteiger partial charge >= 0.3 is 0 Å². The predicted molar refractivity (Wildman–Crippen MR) is 69.1 cm³/mol. The van der Waals surface area contributed by atoms with Gasteiger partial charge in [-0.15, -0.1) is 0 Å². The van der Waals surface area contributed by atoms with Crippen molar-refractivity contribution in [3.05, 3.63) is 28.0 Å². The van der Waals surface area contributed by atoms with Crippen molar-refractivity contribution in [3.8, 4) is 0 Å². The molecule has 5 nitrogen and oxygen atoms in total. The molecule has 0 aliphatic heterocycles. The number of nitrogens with zero attached hydrogens (tertiary/aromatic N) is 2. The molecule has 0 aromatic carbocycles. The number of aliphatic hydroxyl groups excluding tert-OH is 1. The Morgan fingerprint density at radius 1 is 1.56 bits per heavy atom. The predicted octanol–water partition coefficient (Wildman–Crippen LogP) is 1.47. The molecule has 1 rings (SSSR count). The molecule has 1 atom stereocenters. The molecule has 0 aliphatic rings. The van der Waals surface area contributed by atoms with E-state index in [1.54, 1.807) is 7.05 Å². The minimum absolute atomic E-state index is 0.0660. The van der Waals surface area contributed by atoms with Gasteiger partial charge in [0.2, 0.25) is 0 Å². The third-order valence-corrected chi connectivity index (χ3v) is 2.72. The number of rotatable bonds is 5. The van der Waals surface area contributed by atoms with Crippen LogP contribution in [0.1, 0.15) is 10.5 Å². The zero-order valence-corrected chi connectivity index (χ0v) is 11.6. The average molecular weight is 293 g/mol. The zero-order chi connectivity index (χ0) is 13.7. The second-order valence-electron chi connectivity index (χ2n) is 3.76. The smallest absolute Gasteiger partial charge is 0.273 e. The maximum atomic E-state index is 12.0. The number of ether oxygens (including phenoxy) is 1. The van der Waals surface area contributed by atoms with Gasteiger partial charge in [0, 0.05) is 20.7 Å². The van der Waals surface area contributed by atoms with E-state index >= 15 is 0 Å². The molecule has 7 heteroatoms. The summed E-state index contributed by atoms with van der Waals surface area (Å²) in [5.41, 5.74) is 0.0660. The summed E-state index contributed by atoms with van der Waals surface area (Å²) in [6.45, 7) is 0.269. The molecule has 0 saturated heterocycles. The number of halogens is 2. The van der Waals surface area contributed by atoms with Crippen LogP contribution in [0, 0.1) is 0 Å². The minimum atomic E-state index is -0.762. The van der Waals surface area contributed by atoms with Gasteiger partial charge in [-0.05, 0) is 12.1 Å². The lowest BCUT2D eigenvalue weighted by Crippen LogP contribution is -2.36. The molecule has 0 bridgehead atoms. The number of carbonyl (C=O) groups is 1. The Morgan fingerprint density at radius 3 is 2.83 bits per heavy atom. The summed E-state index contributed by atoms with van der Waals surface area (Å²) in [6.07, 6.45) is -0.762. The number of amides is 1. The first-order valence-corrected chi connectivity index (χ1v) is 5.95. The highest BCUT2D eigenvalue weighted by molar-refractivity contribution is 6.34. The van der Waals surface area contributed by atoms with Crippen LogP contribution in [0.25, 0.3) is 0 Å². The number of methoxy groups -OCH3 is 1. The Labute approximate surface area is 115 Å². The number of hydrogen-bond donors (Lipinski definition) is 1. The van der Waals surface area contributed by atoms with Crippen LogP contribution in [-0.4, -0.2) is 54.3 Å². The zero-order valence-electron chi connectivity index (χ0n) is 10.1. The first-order valence-electron chi connectivity index (χ1n) is 5.20. The maximum absolute atomic E-state index is 12.0. The summed E-state index contributed by atoms with van der Waals surface area (Å²) in [4.78, 5) is 17.2. The standard InChI is InChI=1S/C11H14Cl2N2O3/c1-15(5-7(16)6-18-2)11(17)10-8(12)3-4-9(13)14-10/h3-4,7,16H,5-6H2,1-2H3. The Bertz CT molecular complexity index is 429. The summed E-state index contributed by atoms with van der Waals surface area (Å²) in [6, 6.07) is 3.00. The molecule has 1 aromatic rings.